The van der Waals surface area contributed by atoms with Gasteiger partial charge in [-0.2, -0.15) is 0 Å². The minimum Gasteiger partial charge on any atom is -0.389 e. The molecule has 1 aromatic carbocycles. The Morgan fingerprint density at radius 2 is 2.17 bits per heavy atom. The molecule has 0 unspecified atom stereocenters. The van der Waals surface area contributed by atoms with Gasteiger partial charge in [-0.15, -0.1) is 0 Å². The lowest BCUT2D eigenvalue weighted by atomic mass is 10.1. The van der Waals surface area contributed by atoms with E-state index < -0.39 is 16.4 Å². The number of benzene rings is 1. The molecule has 0 fully saturated rings. The number of rotatable bonds is 4. The fourth-order valence-corrected chi connectivity index (χ4v) is 1.45. The number of hydrogen-bond acceptors (Lipinski definition) is 4. The van der Waals surface area contributed by atoms with Crippen molar-refractivity contribution < 1.29 is 14.8 Å². The maximum Gasteiger partial charge on any atom is 0.270 e. The highest BCUT2D eigenvalue weighted by Crippen LogP contribution is 2.22. The number of nitro benzene ring substituents is 1. The van der Waals surface area contributed by atoms with Crippen molar-refractivity contribution in [3.8, 4) is 0 Å². The summed E-state index contributed by atoms with van der Waals surface area (Å²) in [6.07, 6.45) is 0. The lowest BCUT2D eigenvalue weighted by Crippen LogP contribution is -2.38. The third-order valence-corrected chi connectivity index (χ3v) is 2.40. The molecule has 1 aromatic rings. The maximum absolute atomic E-state index is 11.7. The molecule has 18 heavy (non-hydrogen) atoms. The van der Waals surface area contributed by atoms with Gasteiger partial charge < -0.3 is 10.4 Å². The van der Waals surface area contributed by atoms with Gasteiger partial charge in [0.1, 0.15) is 0 Å². The third kappa shape index (κ3) is 3.97. The van der Waals surface area contributed by atoms with Crippen LogP contribution in [0.5, 0.6) is 0 Å². The summed E-state index contributed by atoms with van der Waals surface area (Å²) in [5.41, 5.74) is -1.09. The summed E-state index contributed by atoms with van der Waals surface area (Å²) >= 11 is 5.79. The summed E-state index contributed by atoms with van der Waals surface area (Å²) in [4.78, 5) is 21.6. The summed E-state index contributed by atoms with van der Waals surface area (Å²) < 4.78 is 0. The highest BCUT2D eigenvalue weighted by molar-refractivity contribution is 6.34. The Bertz CT molecular complexity index is 482. The van der Waals surface area contributed by atoms with Gasteiger partial charge >= 0.3 is 0 Å². The Kier molecular flexibility index (Phi) is 4.26. The van der Waals surface area contributed by atoms with Crippen LogP contribution in [0.2, 0.25) is 5.02 Å². The highest BCUT2D eigenvalue weighted by Gasteiger charge is 2.18. The first kappa shape index (κ1) is 14.4. The van der Waals surface area contributed by atoms with Crippen molar-refractivity contribution in [3.63, 3.8) is 0 Å². The van der Waals surface area contributed by atoms with E-state index in [2.05, 4.69) is 5.32 Å². The van der Waals surface area contributed by atoms with Crippen LogP contribution in [0.3, 0.4) is 0 Å². The number of amides is 1. The largest absolute Gasteiger partial charge is 0.389 e. The molecule has 0 spiro atoms. The molecule has 0 heterocycles. The standard InChI is InChI=1S/C11H13ClN2O4/c1-11(2,16)6-13-10(15)8-4-3-7(14(17)18)5-9(8)12/h3-5,16H,6H2,1-2H3,(H,13,15). The molecule has 1 amide bonds. The number of hydrogen-bond donors (Lipinski definition) is 2. The van der Waals surface area contributed by atoms with Crippen molar-refractivity contribution >= 4 is 23.2 Å². The molecule has 7 heteroatoms. The average molecular weight is 273 g/mol. The third-order valence-electron chi connectivity index (χ3n) is 2.09. The van der Waals surface area contributed by atoms with Gasteiger partial charge in [0.15, 0.2) is 0 Å². The van der Waals surface area contributed by atoms with Crippen LogP contribution >= 0.6 is 11.6 Å². The van der Waals surface area contributed by atoms with E-state index in [1.165, 1.54) is 12.1 Å². The Morgan fingerprint density at radius 3 is 2.61 bits per heavy atom. The maximum atomic E-state index is 11.7. The van der Waals surface area contributed by atoms with Gasteiger partial charge in [0, 0.05) is 18.7 Å². The van der Waals surface area contributed by atoms with E-state index in [4.69, 9.17) is 11.6 Å². The Morgan fingerprint density at radius 1 is 1.56 bits per heavy atom. The van der Waals surface area contributed by atoms with Gasteiger partial charge in [0.25, 0.3) is 11.6 Å². The zero-order valence-corrected chi connectivity index (χ0v) is 10.7. The number of carbonyl (C=O) groups excluding carboxylic acids is 1. The molecule has 0 aromatic heterocycles. The smallest absolute Gasteiger partial charge is 0.270 e. The second kappa shape index (κ2) is 5.32. The molecular weight excluding hydrogens is 260 g/mol. The van der Waals surface area contributed by atoms with E-state index in [0.717, 1.165) is 6.07 Å². The number of carbonyl (C=O) groups is 1. The molecule has 0 saturated carbocycles. The molecule has 0 aliphatic rings. The Hall–Kier alpha value is -1.66. The molecule has 0 bridgehead atoms. The molecule has 0 atom stereocenters. The molecule has 0 aliphatic heterocycles. The van der Waals surface area contributed by atoms with Crippen LogP contribution in [0.15, 0.2) is 18.2 Å². The van der Waals surface area contributed by atoms with Crippen molar-refractivity contribution in [2.24, 2.45) is 0 Å². The van der Waals surface area contributed by atoms with Crippen LogP contribution in [-0.4, -0.2) is 28.1 Å². The van der Waals surface area contributed by atoms with E-state index in [1.54, 1.807) is 13.8 Å². The van der Waals surface area contributed by atoms with E-state index in [0.29, 0.717) is 0 Å². The summed E-state index contributed by atoms with van der Waals surface area (Å²) in [7, 11) is 0. The molecule has 0 saturated heterocycles. The average Bonchev–Trinajstić information content (AvgIpc) is 2.24. The number of nitrogens with zero attached hydrogens (tertiary/aromatic N) is 1. The van der Waals surface area contributed by atoms with E-state index in [1.807, 2.05) is 0 Å². The number of nitrogens with one attached hydrogen (secondary N) is 1. The topological polar surface area (TPSA) is 92.5 Å². The quantitative estimate of drug-likeness (QED) is 0.645. The van der Waals surface area contributed by atoms with E-state index in [9.17, 15) is 20.0 Å². The SMILES string of the molecule is CC(C)(O)CNC(=O)c1ccc([N+](=O)[O-])cc1Cl. The first-order chi connectivity index (χ1) is 8.20. The van der Waals surface area contributed by atoms with Gasteiger partial charge in [-0.1, -0.05) is 11.6 Å². The van der Waals surface area contributed by atoms with Gasteiger partial charge in [0.05, 0.1) is 21.1 Å². The lowest BCUT2D eigenvalue weighted by Gasteiger charge is -2.17. The number of non-ortho nitro benzene ring substituents is 1. The summed E-state index contributed by atoms with van der Waals surface area (Å²) in [5, 5.41) is 22.5. The zero-order valence-electron chi connectivity index (χ0n) is 9.94. The fraction of sp³-hybridized carbons (Fsp3) is 0.364. The highest BCUT2D eigenvalue weighted by atomic mass is 35.5. The van der Waals surface area contributed by atoms with Gasteiger partial charge in [-0.05, 0) is 19.9 Å². The van der Waals surface area contributed by atoms with Crippen molar-refractivity contribution in [3.05, 3.63) is 38.9 Å². The van der Waals surface area contributed by atoms with Crippen LogP contribution in [0.25, 0.3) is 0 Å². The Balaban J connectivity index is 2.84. The van der Waals surface area contributed by atoms with Gasteiger partial charge in [-0.3, -0.25) is 14.9 Å². The Labute approximate surface area is 109 Å². The van der Waals surface area contributed by atoms with Gasteiger partial charge in [0.2, 0.25) is 0 Å². The van der Waals surface area contributed by atoms with Crippen LogP contribution in [0.4, 0.5) is 5.69 Å². The number of halogens is 1. The zero-order chi connectivity index (χ0) is 13.9. The summed E-state index contributed by atoms with van der Waals surface area (Å²) in [6, 6.07) is 3.59. The van der Waals surface area contributed by atoms with Crippen molar-refractivity contribution in [2.75, 3.05) is 6.54 Å². The predicted molar refractivity (Wildman–Crippen MR) is 66.7 cm³/mol. The van der Waals surface area contributed by atoms with Crippen LogP contribution in [0, 0.1) is 10.1 Å². The van der Waals surface area contributed by atoms with Crippen molar-refractivity contribution in [1.29, 1.82) is 0 Å². The van der Waals surface area contributed by atoms with Crippen LogP contribution < -0.4 is 5.32 Å². The predicted octanol–water partition coefficient (Wildman–Crippen LogP) is 1.75. The first-order valence-corrected chi connectivity index (χ1v) is 5.53. The van der Waals surface area contributed by atoms with Crippen LogP contribution in [0.1, 0.15) is 24.2 Å². The fourth-order valence-electron chi connectivity index (χ4n) is 1.19. The number of nitro groups is 1. The second-order valence-electron chi connectivity index (χ2n) is 4.42. The normalized spacial score (nSPS) is 11.1. The molecular formula is C11H13ClN2O4. The minimum atomic E-state index is -1.04. The molecule has 0 aliphatic carbocycles. The van der Waals surface area contributed by atoms with E-state index >= 15 is 0 Å². The summed E-state index contributed by atoms with van der Waals surface area (Å²) in [5.74, 6) is -0.489. The van der Waals surface area contributed by atoms with Crippen molar-refractivity contribution in [2.45, 2.75) is 19.4 Å². The minimum absolute atomic E-state index is 0.00236. The molecule has 6 nitrogen and oxygen atoms in total. The molecule has 98 valence electrons. The summed E-state index contributed by atoms with van der Waals surface area (Å²) in [6.45, 7) is 3.15. The second-order valence-corrected chi connectivity index (χ2v) is 4.82. The van der Waals surface area contributed by atoms with Crippen LogP contribution in [-0.2, 0) is 0 Å². The number of aliphatic hydroxyl groups is 1. The molecule has 1 rings (SSSR count). The molecule has 0 radical (unpaired) electrons. The monoisotopic (exact) mass is 272 g/mol. The lowest BCUT2D eigenvalue weighted by molar-refractivity contribution is -0.384. The van der Waals surface area contributed by atoms with E-state index in [-0.39, 0.29) is 22.8 Å². The van der Waals surface area contributed by atoms with Crippen molar-refractivity contribution in [1.82, 2.24) is 5.32 Å². The first-order valence-electron chi connectivity index (χ1n) is 5.15. The van der Waals surface area contributed by atoms with Gasteiger partial charge in [-0.25, -0.2) is 0 Å². The molecule has 2 N–H and O–H groups in total.